The first-order valence-electron chi connectivity index (χ1n) is 10.1. The van der Waals surface area contributed by atoms with Crippen LogP contribution in [-0.2, 0) is 4.74 Å². The van der Waals surface area contributed by atoms with Crippen LogP contribution in [0.15, 0.2) is 65.3 Å². The summed E-state index contributed by atoms with van der Waals surface area (Å²) in [5.74, 6) is 0.259. The SMILES string of the molecule is N#CCNC(=O)c1ccc(-c2nc(N(c3ccccc3)N3CCOCC3)ncc2Br)cc1. The average molecular weight is 493 g/mol. The summed E-state index contributed by atoms with van der Waals surface area (Å²) in [7, 11) is 0. The molecule has 0 unspecified atom stereocenters. The molecule has 9 heteroatoms. The number of nitriles is 1. The Morgan fingerprint density at radius 2 is 1.88 bits per heavy atom. The van der Waals surface area contributed by atoms with Gasteiger partial charge in [-0.05, 0) is 40.2 Å². The summed E-state index contributed by atoms with van der Waals surface area (Å²) in [6.45, 7) is 2.72. The van der Waals surface area contributed by atoms with E-state index in [1.165, 1.54) is 0 Å². The Morgan fingerprint density at radius 3 is 2.56 bits per heavy atom. The molecule has 1 N–H and O–H groups in total. The highest BCUT2D eigenvalue weighted by molar-refractivity contribution is 9.10. The van der Waals surface area contributed by atoms with Gasteiger partial charge >= 0.3 is 0 Å². The summed E-state index contributed by atoms with van der Waals surface area (Å²) >= 11 is 3.56. The van der Waals surface area contributed by atoms with Crippen LogP contribution < -0.4 is 10.3 Å². The number of nitrogens with one attached hydrogen (secondary N) is 1. The number of hydrazine groups is 1. The second-order valence-corrected chi connectivity index (χ2v) is 7.85. The Balaban J connectivity index is 1.68. The lowest BCUT2D eigenvalue weighted by atomic mass is 10.1. The smallest absolute Gasteiger partial charge is 0.252 e. The molecule has 32 heavy (non-hydrogen) atoms. The van der Waals surface area contributed by atoms with Crippen LogP contribution in [0.25, 0.3) is 11.3 Å². The molecular weight excluding hydrogens is 472 g/mol. The highest BCUT2D eigenvalue weighted by Gasteiger charge is 2.24. The number of carbonyl (C=O) groups is 1. The fourth-order valence-corrected chi connectivity index (χ4v) is 3.81. The molecule has 2 heterocycles. The Kier molecular flexibility index (Phi) is 7.07. The van der Waals surface area contributed by atoms with E-state index in [2.05, 4.69) is 31.2 Å². The van der Waals surface area contributed by atoms with Crippen molar-refractivity contribution >= 4 is 33.5 Å². The number of hydrogen-bond donors (Lipinski definition) is 1. The minimum atomic E-state index is -0.289. The molecular formula is C23H21BrN6O2. The third-order valence-electron chi connectivity index (χ3n) is 4.94. The molecule has 2 aromatic carbocycles. The maximum absolute atomic E-state index is 12.1. The predicted molar refractivity (Wildman–Crippen MR) is 124 cm³/mol. The molecule has 1 aromatic heterocycles. The minimum absolute atomic E-state index is 0.0295. The molecule has 1 aliphatic heterocycles. The van der Waals surface area contributed by atoms with E-state index in [1.807, 2.05) is 53.5 Å². The van der Waals surface area contributed by atoms with Gasteiger partial charge in [0, 0.05) is 30.4 Å². The maximum Gasteiger partial charge on any atom is 0.252 e. The van der Waals surface area contributed by atoms with E-state index in [9.17, 15) is 4.79 Å². The molecule has 0 radical (unpaired) electrons. The fraction of sp³-hybridized carbons (Fsp3) is 0.217. The maximum atomic E-state index is 12.1. The largest absolute Gasteiger partial charge is 0.379 e. The van der Waals surface area contributed by atoms with Gasteiger partial charge in [-0.3, -0.25) is 4.79 Å². The highest BCUT2D eigenvalue weighted by atomic mass is 79.9. The van der Waals surface area contributed by atoms with Crippen LogP contribution in [0.4, 0.5) is 11.6 Å². The molecule has 0 spiro atoms. The lowest BCUT2D eigenvalue weighted by molar-refractivity contribution is 0.0371. The number of nitrogens with zero attached hydrogens (tertiary/aromatic N) is 5. The van der Waals surface area contributed by atoms with Crippen molar-refractivity contribution in [2.24, 2.45) is 0 Å². The Morgan fingerprint density at radius 1 is 1.16 bits per heavy atom. The predicted octanol–water partition coefficient (Wildman–Crippen LogP) is 3.54. The zero-order valence-corrected chi connectivity index (χ0v) is 18.8. The molecule has 4 rings (SSSR count). The molecule has 0 atom stereocenters. The van der Waals surface area contributed by atoms with E-state index in [0.29, 0.717) is 30.4 Å². The Labute approximate surface area is 194 Å². The number of morpholine rings is 1. The monoisotopic (exact) mass is 492 g/mol. The van der Waals surface area contributed by atoms with E-state index in [-0.39, 0.29) is 12.5 Å². The number of para-hydroxylation sites is 1. The summed E-state index contributed by atoms with van der Waals surface area (Å²) in [6, 6.07) is 19.0. The van der Waals surface area contributed by atoms with Crippen molar-refractivity contribution in [2.45, 2.75) is 0 Å². The molecule has 3 aromatic rings. The van der Waals surface area contributed by atoms with Crippen molar-refractivity contribution < 1.29 is 9.53 Å². The molecule has 0 bridgehead atoms. The first-order chi connectivity index (χ1) is 15.7. The van der Waals surface area contributed by atoms with Gasteiger partial charge < -0.3 is 10.1 Å². The molecule has 0 aliphatic carbocycles. The number of amides is 1. The quantitative estimate of drug-likeness (QED) is 0.525. The van der Waals surface area contributed by atoms with Crippen LogP contribution >= 0.6 is 15.9 Å². The number of aromatic nitrogens is 2. The summed E-state index contributed by atoms with van der Waals surface area (Å²) < 4.78 is 6.27. The van der Waals surface area contributed by atoms with Gasteiger partial charge in [-0.1, -0.05) is 30.3 Å². The molecule has 1 saturated heterocycles. The van der Waals surface area contributed by atoms with Crippen molar-refractivity contribution in [3.63, 3.8) is 0 Å². The zero-order chi connectivity index (χ0) is 22.3. The van der Waals surface area contributed by atoms with Crippen molar-refractivity contribution in [3.05, 3.63) is 70.8 Å². The lowest BCUT2D eigenvalue weighted by Crippen LogP contribution is -2.47. The van der Waals surface area contributed by atoms with Gasteiger partial charge in [0.05, 0.1) is 35.1 Å². The number of halogens is 1. The molecule has 1 aliphatic rings. The number of hydrogen-bond acceptors (Lipinski definition) is 7. The van der Waals surface area contributed by atoms with Crippen LogP contribution in [0.5, 0.6) is 0 Å². The fourth-order valence-electron chi connectivity index (χ4n) is 3.39. The number of rotatable bonds is 6. The van der Waals surface area contributed by atoms with E-state index < -0.39 is 0 Å². The van der Waals surface area contributed by atoms with Crippen molar-refractivity contribution in [1.82, 2.24) is 20.3 Å². The number of ether oxygens (including phenoxy) is 1. The second-order valence-electron chi connectivity index (χ2n) is 7.00. The van der Waals surface area contributed by atoms with Crippen LogP contribution in [0, 0.1) is 11.3 Å². The van der Waals surface area contributed by atoms with Gasteiger partial charge in [-0.2, -0.15) is 5.26 Å². The van der Waals surface area contributed by atoms with Gasteiger partial charge in [0.1, 0.15) is 6.54 Å². The Bertz CT molecular complexity index is 1110. The second kappa shape index (κ2) is 10.3. The number of carbonyl (C=O) groups excluding carboxylic acids is 1. The normalized spacial score (nSPS) is 13.9. The van der Waals surface area contributed by atoms with Crippen molar-refractivity contribution in [3.8, 4) is 17.3 Å². The molecule has 1 fully saturated rings. The molecule has 8 nitrogen and oxygen atoms in total. The third-order valence-corrected chi connectivity index (χ3v) is 5.52. The topological polar surface area (TPSA) is 94.4 Å². The van der Waals surface area contributed by atoms with E-state index in [1.54, 1.807) is 18.3 Å². The minimum Gasteiger partial charge on any atom is -0.379 e. The third kappa shape index (κ3) is 4.94. The van der Waals surface area contributed by atoms with E-state index in [0.717, 1.165) is 28.8 Å². The van der Waals surface area contributed by atoms with Gasteiger partial charge in [-0.15, -0.1) is 0 Å². The molecule has 0 saturated carbocycles. The van der Waals surface area contributed by atoms with Gasteiger partial charge in [0.25, 0.3) is 5.91 Å². The van der Waals surface area contributed by atoms with Gasteiger partial charge in [0.15, 0.2) is 0 Å². The summed E-state index contributed by atoms with van der Waals surface area (Å²) in [5.41, 5.74) is 3.00. The van der Waals surface area contributed by atoms with Crippen molar-refractivity contribution in [2.75, 3.05) is 37.9 Å². The van der Waals surface area contributed by atoms with Crippen LogP contribution in [0.3, 0.4) is 0 Å². The summed E-state index contributed by atoms with van der Waals surface area (Å²) in [5, 5.41) is 15.4. The zero-order valence-electron chi connectivity index (χ0n) is 17.2. The first-order valence-corrected chi connectivity index (χ1v) is 10.9. The number of anilines is 2. The van der Waals surface area contributed by atoms with Crippen LogP contribution in [0.2, 0.25) is 0 Å². The van der Waals surface area contributed by atoms with Crippen LogP contribution in [-0.4, -0.2) is 53.7 Å². The lowest BCUT2D eigenvalue weighted by Gasteiger charge is -2.37. The van der Waals surface area contributed by atoms with E-state index >= 15 is 0 Å². The van der Waals surface area contributed by atoms with E-state index in [4.69, 9.17) is 15.0 Å². The number of benzene rings is 2. The van der Waals surface area contributed by atoms with Crippen LogP contribution in [0.1, 0.15) is 10.4 Å². The first kappa shape index (κ1) is 21.9. The highest BCUT2D eigenvalue weighted by Crippen LogP contribution is 2.31. The Hall–Kier alpha value is -3.32. The van der Waals surface area contributed by atoms with Gasteiger partial charge in [-0.25, -0.2) is 20.0 Å². The van der Waals surface area contributed by atoms with Crippen molar-refractivity contribution in [1.29, 1.82) is 5.26 Å². The summed E-state index contributed by atoms with van der Waals surface area (Å²) in [6.07, 6.45) is 1.74. The molecule has 162 valence electrons. The molecule has 1 amide bonds. The standard InChI is InChI=1S/C23H21BrN6O2/c24-20-16-27-23(30(19-4-2-1-3-5-19)29-12-14-32-15-13-29)28-21(20)17-6-8-18(9-7-17)22(31)26-11-10-25/h1-9,16H,11-15H2,(H,26,31). The summed E-state index contributed by atoms with van der Waals surface area (Å²) in [4.78, 5) is 21.5. The average Bonchev–Trinajstić information content (AvgIpc) is 2.85. The van der Waals surface area contributed by atoms with Gasteiger partial charge in [0.2, 0.25) is 5.95 Å².